The molecule has 0 bridgehead atoms. The number of nitrogens with one attached hydrogen (secondary N) is 1. The number of hydrogen-bond donors (Lipinski definition) is 1. The number of benzene rings is 2. The van der Waals surface area contributed by atoms with Crippen LogP contribution >= 0.6 is 27.7 Å². The van der Waals surface area contributed by atoms with Gasteiger partial charge in [0.05, 0.1) is 18.9 Å². The van der Waals surface area contributed by atoms with Crippen LogP contribution in [0.3, 0.4) is 0 Å². The van der Waals surface area contributed by atoms with Crippen molar-refractivity contribution < 1.29 is 9.13 Å². The number of hydrogen-bond acceptors (Lipinski definition) is 5. The van der Waals surface area contributed by atoms with E-state index in [9.17, 15) is 14.4 Å². The molecule has 0 fully saturated rings. The lowest BCUT2D eigenvalue weighted by atomic mass is 9.94. The number of rotatable bonds is 6. The zero-order valence-electron chi connectivity index (χ0n) is 15.7. The molecule has 0 radical (unpaired) electrons. The van der Waals surface area contributed by atoms with Crippen LogP contribution in [-0.2, 0) is 5.75 Å². The second-order valence-electron chi connectivity index (χ2n) is 6.25. The fraction of sp³-hybridized carbons (Fsp3) is 0.190. The van der Waals surface area contributed by atoms with Gasteiger partial charge < -0.3 is 9.72 Å². The van der Waals surface area contributed by atoms with Crippen LogP contribution in [0, 0.1) is 24.1 Å². The van der Waals surface area contributed by atoms with Gasteiger partial charge in [0.1, 0.15) is 17.5 Å². The Bertz CT molecular complexity index is 1130. The number of nitrogens with zero attached hydrogens (tertiary/aromatic N) is 2. The third-order valence-electron chi connectivity index (χ3n) is 4.38. The topological polar surface area (TPSA) is 78.8 Å². The van der Waals surface area contributed by atoms with Crippen molar-refractivity contribution >= 4 is 27.7 Å². The second-order valence-corrected chi connectivity index (χ2v) is 8.13. The van der Waals surface area contributed by atoms with Gasteiger partial charge in [-0.3, -0.25) is 4.79 Å². The lowest BCUT2D eigenvalue weighted by Crippen LogP contribution is -2.18. The standard InChI is InChI=1S/C21H17BrFN3O2S/c1-12-19(17(10-24)16-8-5-14(22)9-18(16)23)25-21(26-20(12)27)29-11-13-3-6-15(28-2)7-4-13/h3-9,17H,11H2,1-2H3,(H,25,26,27). The van der Waals surface area contributed by atoms with Gasteiger partial charge in [0, 0.05) is 21.4 Å². The number of ether oxygens (including phenoxy) is 1. The molecule has 1 heterocycles. The van der Waals surface area contributed by atoms with Crippen molar-refractivity contribution in [3.05, 3.63) is 85.5 Å². The van der Waals surface area contributed by atoms with E-state index in [0.717, 1.165) is 11.3 Å². The first-order valence-corrected chi connectivity index (χ1v) is 10.4. The molecule has 1 unspecified atom stereocenters. The normalized spacial score (nSPS) is 11.7. The van der Waals surface area contributed by atoms with Crippen molar-refractivity contribution in [2.75, 3.05) is 7.11 Å². The maximum atomic E-state index is 14.4. The molecule has 0 spiro atoms. The highest BCUT2D eigenvalue weighted by Gasteiger charge is 2.23. The molecular weight excluding hydrogens is 457 g/mol. The second kappa shape index (κ2) is 9.25. The SMILES string of the molecule is COc1ccc(CSc2nc(C(C#N)c3ccc(Br)cc3F)c(C)c(=O)[nH]2)cc1. The molecular formula is C21H17BrFN3O2S. The van der Waals surface area contributed by atoms with Crippen molar-refractivity contribution in [3.8, 4) is 11.8 Å². The van der Waals surface area contributed by atoms with Crippen molar-refractivity contribution in [1.82, 2.24) is 9.97 Å². The quantitative estimate of drug-likeness (QED) is 0.405. The molecule has 0 aliphatic heterocycles. The van der Waals surface area contributed by atoms with Crippen LogP contribution in [0.1, 0.15) is 28.3 Å². The molecule has 0 amide bonds. The van der Waals surface area contributed by atoms with Crippen molar-refractivity contribution in [1.29, 1.82) is 5.26 Å². The van der Waals surface area contributed by atoms with Gasteiger partial charge in [-0.15, -0.1) is 0 Å². The smallest absolute Gasteiger partial charge is 0.254 e. The van der Waals surface area contributed by atoms with Gasteiger partial charge in [-0.1, -0.05) is 45.9 Å². The molecule has 3 aromatic rings. The van der Waals surface area contributed by atoms with E-state index in [0.29, 0.717) is 20.9 Å². The minimum absolute atomic E-state index is 0.183. The van der Waals surface area contributed by atoms with E-state index in [1.54, 1.807) is 20.1 Å². The van der Waals surface area contributed by atoms with Gasteiger partial charge in [0.25, 0.3) is 5.56 Å². The van der Waals surface area contributed by atoms with Gasteiger partial charge in [0.2, 0.25) is 0 Å². The van der Waals surface area contributed by atoms with Gasteiger partial charge >= 0.3 is 0 Å². The maximum absolute atomic E-state index is 14.4. The van der Waals surface area contributed by atoms with Crippen LogP contribution < -0.4 is 10.3 Å². The van der Waals surface area contributed by atoms with Gasteiger partial charge in [-0.2, -0.15) is 5.26 Å². The van der Waals surface area contributed by atoms with E-state index in [4.69, 9.17) is 4.74 Å². The van der Waals surface area contributed by atoms with E-state index in [1.807, 2.05) is 24.3 Å². The van der Waals surface area contributed by atoms with Crippen LogP contribution in [0.25, 0.3) is 0 Å². The van der Waals surface area contributed by atoms with Crippen LogP contribution in [-0.4, -0.2) is 17.1 Å². The number of halogens is 2. The Hall–Kier alpha value is -2.63. The highest BCUT2D eigenvalue weighted by atomic mass is 79.9. The fourth-order valence-corrected chi connectivity index (χ4v) is 3.92. The summed E-state index contributed by atoms with van der Waals surface area (Å²) in [6, 6.07) is 14.1. The summed E-state index contributed by atoms with van der Waals surface area (Å²) in [5.41, 5.74) is 1.42. The summed E-state index contributed by atoms with van der Waals surface area (Å²) >= 11 is 4.54. The highest BCUT2D eigenvalue weighted by Crippen LogP contribution is 2.29. The molecule has 0 saturated carbocycles. The zero-order valence-corrected chi connectivity index (χ0v) is 18.1. The first-order chi connectivity index (χ1) is 13.9. The van der Waals surface area contributed by atoms with Crippen molar-refractivity contribution in [3.63, 3.8) is 0 Å². The molecule has 3 rings (SSSR count). The summed E-state index contributed by atoms with van der Waals surface area (Å²) in [5.74, 6) is -0.180. The average Bonchev–Trinajstić information content (AvgIpc) is 2.72. The first kappa shape index (κ1) is 21.1. The number of thioether (sulfide) groups is 1. The van der Waals surface area contributed by atoms with Crippen molar-refractivity contribution in [2.24, 2.45) is 0 Å². The number of H-pyrrole nitrogens is 1. The van der Waals surface area contributed by atoms with Gasteiger partial charge in [0.15, 0.2) is 5.16 Å². The lowest BCUT2D eigenvalue weighted by molar-refractivity contribution is 0.414. The third kappa shape index (κ3) is 4.86. The van der Waals surface area contributed by atoms with Crippen LogP contribution in [0.4, 0.5) is 4.39 Å². The Morgan fingerprint density at radius 2 is 2.03 bits per heavy atom. The van der Waals surface area contributed by atoms with E-state index in [2.05, 4.69) is 32.0 Å². The predicted molar refractivity (Wildman–Crippen MR) is 114 cm³/mol. The van der Waals surface area contributed by atoms with E-state index in [1.165, 1.54) is 23.9 Å². The molecule has 2 aromatic carbocycles. The van der Waals surface area contributed by atoms with Crippen LogP contribution in [0.2, 0.25) is 0 Å². The van der Waals surface area contributed by atoms with Crippen LogP contribution in [0.15, 0.2) is 56.9 Å². The Kier molecular flexibility index (Phi) is 6.72. The Morgan fingerprint density at radius 3 is 2.66 bits per heavy atom. The molecule has 1 aromatic heterocycles. The Balaban J connectivity index is 1.91. The summed E-state index contributed by atoms with van der Waals surface area (Å²) in [6.45, 7) is 1.58. The monoisotopic (exact) mass is 473 g/mol. The maximum Gasteiger partial charge on any atom is 0.254 e. The molecule has 0 aliphatic rings. The molecule has 1 atom stereocenters. The Labute approximate surface area is 180 Å². The van der Waals surface area contributed by atoms with Crippen molar-refractivity contribution in [2.45, 2.75) is 23.8 Å². The molecule has 29 heavy (non-hydrogen) atoms. The third-order valence-corrected chi connectivity index (χ3v) is 5.82. The molecule has 0 saturated heterocycles. The molecule has 5 nitrogen and oxygen atoms in total. The summed E-state index contributed by atoms with van der Waals surface area (Å²) in [4.78, 5) is 19.6. The summed E-state index contributed by atoms with van der Waals surface area (Å²) in [6.07, 6.45) is 0. The molecule has 148 valence electrons. The first-order valence-electron chi connectivity index (χ1n) is 8.64. The predicted octanol–water partition coefficient (Wildman–Crippen LogP) is 4.94. The van der Waals surface area contributed by atoms with E-state index >= 15 is 0 Å². The Morgan fingerprint density at radius 1 is 1.31 bits per heavy atom. The molecule has 8 heteroatoms. The van der Waals surface area contributed by atoms with Crippen LogP contribution in [0.5, 0.6) is 5.75 Å². The number of nitriles is 1. The summed E-state index contributed by atoms with van der Waals surface area (Å²) in [7, 11) is 1.60. The average molecular weight is 474 g/mol. The number of aromatic amines is 1. The fourth-order valence-electron chi connectivity index (χ4n) is 2.76. The number of aromatic nitrogens is 2. The lowest BCUT2D eigenvalue weighted by Gasteiger charge is -2.14. The molecule has 0 aliphatic carbocycles. The largest absolute Gasteiger partial charge is 0.497 e. The summed E-state index contributed by atoms with van der Waals surface area (Å²) < 4.78 is 20.1. The summed E-state index contributed by atoms with van der Waals surface area (Å²) in [5, 5.41) is 10.1. The minimum atomic E-state index is -0.981. The van der Waals surface area contributed by atoms with Gasteiger partial charge in [-0.05, 0) is 36.8 Å². The van der Waals surface area contributed by atoms with E-state index < -0.39 is 11.7 Å². The van der Waals surface area contributed by atoms with Gasteiger partial charge in [-0.25, -0.2) is 9.37 Å². The van der Waals surface area contributed by atoms with E-state index in [-0.39, 0.29) is 16.8 Å². The highest BCUT2D eigenvalue weighted by molar-refractivity contribution is 9.10. The zero-order chi connectivity index (χ0) is 21.0. The minimum Gasteiger partial charge on any atom is -0.497 e. The number of methoxy groups -OCH3 is 1. The molecule has 1 N–H and O–H groups in total.